The zero-order valence-electron chi connectivity index (χ0n) is 10.0. The molecule has 0 amide bonds. The van der Waals surface area contributed by atoms with E-state index in [1.807, 2.05) is 32.1 Å². The van der Waals surface area contributed by atoms with Crippen molar-refractivity contribution in [2.24, 2.45) is 0 Å². The van der Waals surface area contributed by atoms with Crippen LogP contribution < -0.4 is 0 Å². The maximum Gasteiger partial charge on any atom is 2.00 e. The topological polar surface area (TPSA) is 0 Å². The number of benzene rings is 1. The van der Waals surface area contributed by atoms with Crippen LogP contribution in [0.25, 0.3) is 0 Å². The summed E-state index contributed by atoms with van der Waals surface area (Å²) in [6.07, 6.45) is 10.0. The Labute approximate surface area is 142 Å². The van der Waals surface area contributed by atoms with Gasteiger partial charge in [0.2, 0.25) is 0 Å². The normalized spacial score (nSPS) is 17.0. The van der Waals surface area contributed by atoms with E-state index in [4.69, 9.17) is 23.2 Å². The minimum atomic E-state index is -10.7. The van der Waals surface area contributed by atoms with Crippen molar-refractivity contribution in [3.8, 4) is 0 Å². The molecule has 2 rings (SSSR count). The Hall–Kier alpha value is 0.433. The average Bonchev–Trinajstić information content (AvgIpc) is 2.76. The van der Waals surface area contributed by atoms with Crippen LogP contribution in [0.4, 0.5) is 25.2 Å². The van der Waals surface area contributed by atoms with Crippen LogP contribution in [0.5, 0.6) is 0 Å². The third kappa shape index (κ3) is 29.1. The molecule has 0 nitrogen and oxygen atoms in total. The van der Waals surface area contributed by atoms with Crippen molar-refractivity contribution in [1.29, 1.82) is 0 Å². The van der Waals surface area contributed by atoms with Gasteiger partial charge in [0, 0.05) is 10.0 Å². The summed E-state index contributed by atoms with van der Waals surface area (Å²) in [5.74, 6) is 0. The Bertz CT molecular complexity index is 362. The SMILES string of the molecule is Clc1ccc(Cl)cc1.F[P-](F)(F)(F)(F)F.[CH]1[CH][CH][CH][CH]1.[Ru+2]. The summed E-state index contributed by atoms with van der Waals surface area (Å²) in [5, 5.41) is 1.43. The zero-order valence-corrected chi connectivity index (χ0v) is 14.2. The fraction of sp³-hybridized carbons (Fsp3) is 0. The minimum absolute atomic E-state index is 0. The van der Waals surface area contributed by atoms with Gasteiger partial charge >= 0.3 is 52.5 Å². The Balaban J connectivity index is 0. The van der Waals surface area contributed by atoms with Gasteiger partial charge < -0.3 is 0 Å². The molecule has 121 valence electrons. The summed E-state index contributed by atoms with van der Waals surface area (Å²) in [4.78, 5) is 0. The first kappa shape index (κ1) is 23.7. The second-order valence-electron chi connectivity index (χ2n) is 3.36. The van der Waals surface area contributed by atoms with Crippen molar-refractivity contribution in [3.63, 3.8) is 0 Å². The standard InChI is InChI=1S/C6H4Cl2.C5H5.F6P.Ru/c7-5-1-2-6(8)4-3-5;1-2-4-5-3-1;1-7(2,3,4,5)6;/h1-4H;1-5H;;/q;;-1;+2. The zero-order chi connectivity index (χ0) is 15.9. The molecule has 0 aromatic heterocycles. The van der Waals surface area contributed by atoms with E-state index >= 15 is 0 Å². The third-order valence-corrected chi connectivity index (χ3v) is 1.86. The maximum atomic E-state index is 9.87. The van der Waals surface area contributed by atoms with E-state index < -0.39 is 7.81 Å². The molecule has 0 N–H and O–H groups in total. The van der Waals surface area contributed by atoms with Crippen LogP contribution in [0, 0.1) is 32.1 Å². The van der Waals surface area contributed by atoms with Gasteiger partial charge in [-0.2, -0.15) is 0 Å². The van der Waals surface area contributed by atoms with Crippen LogP contribution in [0.15, 0.2) is 24.3 Å². The summed E-state index contributed by atoms with van der Waals surface area (Å²) in [6, 6.07) is 7.02. The number of hydrogen-bond acceptors (Lipinski definition) is 0. The van der Waals surface area contributed by atoms with Crippen LogP contribution in [0.3, 0.4) is 0 Å². The molecule has 0 spiro atoms. The quantitative estimate of drug-likeness (QED) is 0.216. The summed E-state index contributed by atoms with van der Waals surface area (Å²) in [7, 11) is -10.7. The fourth-order valence-corrected chi connectivity index (χ4v) is 1.00. The van der Waals surface area contributed by atoms with E-state index in [0.717, 1.165) is 10.0 Å². The first-order valence-corrected chi connectivity index (χ1v) is 7.66. The average molecular weight is 458 g/mol. The van der Waals surface area contributed by atoms with Crippen molar-refractivity contribution >= 4 is 31.0 Å². The van der Waals surface area contributed by atoms with Crippen molar-refractivity contribution in [1.82, 2.24) is 0 Å². The summed E-state index contributed by atoms with van der Waals surface area (Å²) < 4.78 is 59.2. The number of hydrogen-bond donors (Lipinski definition) is 0. The number of halogens is 8. The van der Waals surface area contributed by atoms with Gasteiger partial charge in [-0.3, -0.25) is 0 Å². The van der Waals surface area contributed by atoms with Crippen molar-refractivity contribution in [2.75, 3.05) is 0 Å². The van der Waals surface area contributed by atoms with Crippen LogP contribution >= 0.6 is 31.0 Å². The minimum Gasteiger partial charge on any atom is -0.0312 e. The Morgan fingerprint density at radius 2 is 0.714 bits per heavy atom. The van der Waals surface area contributed by atoms with Gasteiger partial charge in [0.1, 0.15) is 0 Å². The number of rotatable bonds is 0. The van der Waals surface area contributed by atoms with Crippen molar-refractivity contribution in [3.05, 3.63) is 66.4 Å². The van der Waals surface area contributed by atoms with Crippen LogP contribution in [-0.2, 0) is 19.5 Å². The van der Waals surface area contributed by atoms with Gasteiger partial charge in [0.15, 0.2) is 0 Å². The largest absolute Gasteiger partial charge is 2.00 e. The molecular formula is C11H9Cl2F6PRu+. The molecule has 1 aromatic rings. The van der Waals surface area contributed by atoms with Crippen molar-refractivity contribution < 1.29 is 44.7 Å². The van der Waals surface area contributed by atoms with E-state index in [1.54, 1.807) is 24.3 Å². The summed E-state index contributed by atoms with van der Waals surface area (Å²) >= 11 is 11.1. The molecule has 10 heteroatoms. The molecule has 1 fully saturated rings. The smallest absolute Gasteiger partial charge is 0.0312 e. The molecule has 1 saturated carbocycles. The molecule has 0 saturated heterocycles. The van der Waals surface area contributed by atoms with Crippen LogP contribution in [-0.4, -0.2) is 0 Å². The molecule has 1 aromatic carbocycles. The molecule has 0 heterocycles. The molecule has 21 heavy (non-hydrogen) atoms. The van der Waals surface area contributed by atoms with E-state index in [1.165, 1.54) is 0 Å². The van der Waals surface area contributed by atoms with Gasteiger partial charge in [-0.25, -0.2) is 0 Å². The van der Waals surface area contributed by atoms with Crippen LogP contribution in [0.2, 0.25) is 10.0 Å². The Morgan fingerprint density at radius 3 is 0.857 bits per heavy atom. The van der Waals surface area contributed by atoms with E-state index in [9.17, 15) is 25.2 Å². The molecule has 5 radical (unpaired) electrons. The molecule has 0 aliphatic heterocycles. The Kier molecular flexibility index (Phi) is 9.40. The van der Waals surface area contributed by atoms with Gasteiger partial charge in [0.25, 0.3) is 0 Å². The van der Waals surface area contributed by atoms with Gasteiger partial charge in [-0.1, -0.05) is 23.2 Å². The van der Waals surface area contributed by atoms with Gasteiger partial charge in [-0.05, 0) is 56.4 Å². The fourth-order valence-electron chi connectivity index (χ4n) is 0.750. The predicted molar refractivity (Wildman–Crippen MR) is 71.5 cm³/mol. The molecular weight excluding hydrogens is 449 g/mol. The van der Waals surface area contributed by atoms with Gasteiger partial charge in [0.05, 0.1) is 0 Å². The first-order chi connectivity index (χ1) is 8.74. The second kappa shape index (κ2) is 8.33. The van der Waals surface area contributed by atoms with E-state index in [-0.39, 0.29) is 19.5 Å². The van der Waals surface area contributed by atoms with E-state index in [2.05, 4.69) is 0 Å². The maximum absolute atomic E-state index is 10.7. The second-order valence-corrected chi connectivity index (χ2v) is 6.15. The molecule has 1 aliphatic carbocycles. The summed E-state index contributed by atoms with van der Waals surface area (Å²) in [5.41, 5.74) is 0. The van der Waals surface area contributed by atoms with E-state index in [0.29, 0.717) is 0 Å². The third-order valence-electron chi connectivity index (χ3n) is 1.36. The Morgan fingerprint density at radius 1 is 0.571 bits per heavy atom. The predicted octanol–water partition coefficient (Wildman–Crippen LogP) is 7.39. The summed E-state index contributed by atoms with van der Waals surface area (Å²) in [6.45, 7) is 0. The van der Waals surface area contributed by atoms with Crippen molar-refractivity contribution in [2.45, 2.75) is 0 Å². The molecule has 0 unspecified atom stereocenters. The molecule has 0 bridgehead atoms. The monoisotopic (exact) mass is 458 g/mol. The van der Waals surface area contributed by atoms with Crippen LogP contribution in [0.1, 0.15) is 0 Å². The molecule has 1 aliphatic rings. The molecule has 0 atom stereocenters. The van der Waals surface area contributed by atoms with Gasteiger partial charge in [-0.15, -0.1) is 0 Å². The first-order valence-electron chi connectivity index (χ1n) is 4.88.